The SMILES string of the molecule is CC(C)CNCc1cc(Br)ccc1N(CC(C)C)C(C)C. The van der Waals surface area contributed by atoms with Crippen molar-refractivity contribution in [2.75, 3.05) is 18.0 Å². The molecule has 0 atom stereocenters. The molecule has 0 heterocycles. The van der Waals surface area contributed by atoms with Crippen molar-refractivity contribution < 1.29 is 0 Å². The second-order valence-corrected chi connectivity index (χ2v) is 7.85. The Morgan fingerprint density at radius 3 is 2.24 bits per heavy atom. The molecule has 0 unspecified atom stereocenters. The van der Waals surface area contributed by atoms with Gasteiger partial charge in [-0.1, -0.05) is 43.6 Å². The Balaban J connectivity index is 2.97. The number of rotatable bonds is 8. The van der Waals surface area contributed by atoms with Crippen molar-refractivity contribution in [1.82, 2.24) is 5.32 Å². The first-order valence-corrected chi connectivity index (χ1v) is 8.86. The summed E-state index contributed by atoms with van der Waals surface area (Å²) < 4.78 is 1.15. The van der Waals surface area contributed by atoms with Crippen molar-refractivity contribution in [3.63, 3.8) is 0 Å². The smallest absolute Gasteiger partial charge is 0.0415 e. The normalized spacial score (nSPS) is 11.7. The molecule has 2 nitrogen and oxygen atoms in total. The standard InChI is InChI=1S/C18H31BrN2/c1-13(2)10-20-11-16-9-17(19)7-8-18(16)21(15(5)6)12-14(3)4/h7-9,13-15,20H,10-12H2,1-6H3. The minimum atomic E-state index is 0.512. The van der Waals surface area contributed by atoms with E-state index in [0.717, 1.165) is 24.1 Å². The number of benzene rings is 1. The largest absolute Gasteiger partial charge is 0.369 e. The van der Waals surface area contributed by atoms with Gasteiger partial charge in [0.1, 0.15) is 0 Å². The zero-order chi connectivity index (χ0) is 16.0. The highest BCUT2D eigenvalue weighted by atomic mass is 79.9. The third kappa shape index (κ3) is 6.39. The van der Waals surface area contributed by atoms with Gasteiger partial charge in [-0.15, -0.1) is 0 Å². The fourth-order valence-electron chi connectivity index (χ4n) is 2.45. The van der Waals surface area contributed by atoms with Crippen LogP contribution in [0, 0.1) is 11.8 Å². The molecule has 0 fully saturated rings. The maximum absolute atomic E-state index is 3.61. The fraction of sp³-hybridized carbons (Fsp3) is 0.667. The zero-order valence-corrected chi connectivity index (χ0v) is 16.0. The highest BCUT2D eigenvalue weighted by Crippen LogP contribution is 2.27. The van der Waals surface area contributed by atoms with Crippen molar-refractivity contribution in [2.24, 2.45) is 11.8 Å². The van der Waals surface area contributed by atoms with Gasteiger partial charge < -0.3 is 10.2 Å². The number of nitrogens with zero attached hydrogens (tertiary/aromatic N) is 1. The van der Waals surface area contributed by atoms with Crippen molar-refractivity contribution in [3.8, 4) is 0 Å². The highest BCUT2D eigenvalue weighted by Gasteiger charge is 2.16. The molecule has 0 aromatic heterocycles. The van der Waals surface area contributed by atoms with Crippen LogP contribution in [-0.4, -0.2) is 19.1 Å². The van der Waals surface area contributed by atoms with Gasteiger partial charge in [0.25, 0.3) is 0 Å². The molecule has 0 aliphatic carbocycles. The van der Waals surface area contributed by atoms with Crippen LogP contribution in [0.1, 0.15) is 47.1 Å². The molecule has 0 aliphatic rings. The number of hydrogen-bond donors (Lipinski definition) is 1. The molecular formula is C18H31BrN2. The molecule has 21 heavy (non-hydrogen) atoms. The Labute approximate surface area is 139 Å². The first kappa shape index (κ1) is 18.5. The maximum atomic E-state index is 3.61. The van der Waals surface area contributed by atoms with Gasteiger partial charge in [-0.3, -0.25) is 0 Å². The van der Waals surface area contributed by atoms with E-state index in [1.165, 1.54) is 11.3 Å². The van der Waals surface area contributed by atoms with Crippen LogP contribution >= 0.6 is 15.9 Å². The molecule has 1 aromatic rings. The average molecular weight is 355 g/mol. The van der Waals surface area contributed by atoms with E-state index in [9.17, 15) is 0 Å². The number of halogens is 1. The summed E-state index contributed by atoms with van der Waals surface area (Å²) in [6.45, 7) is 16.7. The van der Waals surface area contributed by atoms with Crippen LogP contribution in [0.15, 0.2) is 22.7 Å². The Morgan fingerprint density at radius 2 is 1.71 bits per heavy atom. The molecule has 0 aliphatic heterocycles. The highest BCUT2D eigenvalue weighted by molar-refractivity contribution is 9.10. The van der Waals surface area contributed by atoms with E-state index in [2.05, 4.69) is 85.9 Å². The lowest BCUT2D eigenvalue weighted by Crippen LogP contribution is -2.35. The van der Waals surface area contributed by atoms with Crippen molar-refractivity contribution >= 4 is 21.6 Å². The summed E-state index contributed by atoms with van der Waals surface area (Å²) in [5, 5.41) is 3.57. The quantitative estimate of drug-likeness (QED) is 0.701. The maximum Gasteiger partial charge on any atom is 0.0415 e. The van der Waals surface area contributed by atoms with Crippen LogP contribution < -0.4 is 10.2 Å². The fourth-order valence-corrected chi connectivity index (χ4v) is 2.86. The minimum absolute atomic E-state index is 0.512. The number of nitrogens with one attached hydrogen (secondary N) is 1. The van der Waals surface area contributed by atoms with E-state index in [1.54, 1.807) is 0 Å². The van der Waals surface area contributed by atoms with E-state index in [0.29, 0.717) is 17.9 Å². The predicted molar refractivity (Wildman–Crippen MR) is 98.0 cm³/mol. The predicted octanol–water partition coefficient (Wildman–Crippen LogP) is 5.07. The molecule has 0 saturated heterocycles. The lowest BCUT2D eigenvalue weighted by atomic mass is 10.1. The van der Waals surface area contributed by atoms with Crippen molar-refractivity contribution in [1.29, 1.82) is 0 Å². The topological polar surface area (TPSA) is 15.3 Å². The summed E-state index contributed by atoms with van der Waals surface area (Å²) in [5.41, 5.74) is 2.73. The van der Waals surface area contributed by atoms with Crippen LogP contribution in [0.4, 0.5) is 5.69 Å². The van der Waals surface area contributed by atoms with Crippen LogP contribution in [-0.2, 0) is 6.54 Å². The minimum Gasteiger partial charge on any atom is -0.369 e. The molecule has 0 saturated carbocycles. The van der Waals surface area contributed by atoms with E-state index in [4.69, 9.17) is 0 Å². The lowest BCUT2D eigenvalue weighted by molar-refractivity contribution is 0.545. The van der Waals surface area contributed by atoms with Gasteiger partial charge in [0, 0.05) is 29.3 Å². The Kier molecular flexibility index (Phi) is 7.75. The summed E-state index contributed by atoms with van der Waals surface area (Å²) in [4.78, 5) is 2.52. The van der Waals surface area contributed by atoms with Crippen LogP contribution in [0.3, 0.4) is 0 Å². The summed E-state index contributed by atoms with van der Waals surface area (Å²) in [7, 11) is 0. The zero-order valence-electron chi connectivity index (χ0n) is 14.4. The van der Waals surface area contributed by atoms with E-state index in [1.807, 2.05) is 0 Å². The molecule has 120 valence electrons. The van der Waals surface area contributed by atoms with Crippen LogP contribution in [0.25, 0.3) is 0 Å². The van der Waals surface area contributed by atoms with Gasteiger partial charge in [-0.25, -0.2) is 0 Å². The summed E-state index contributed by atoms with van der Waals surface area (Å²) in [6.07, 6.45) is 0. The molecule has 1 N–H and O–H groups in total. The third-order valence-electron chi connectivity index (χ3n) is 3.40. The monoisotopic (exact) mass is 354 g/mol. The second kappa shape index (κ2) is 8.79. The van der Waals surface area contributed by atoms with Gasteiger partial charge in [-0.05, 0) is 56.0 Å². The molecule has 1 aromatic carbocycles. The molecule has 3 heteroatoms. The van der Waals surface area contributed by atoms with Gasteiger partial charge in [0.05, 0.1) is 0 Å². The van der Waals surface area contributed by atoms with Gasteiger partial charge in [-0.2, -0.15) is 0 Å². The van der Waals surface area contributed by atoms with E-state index < -0.39 is 0 Å². The summed E-state index contributed by atoms with van der Waals surface area (Å²) >= 11 is 3.61. The molecule has 0 radical (unpaired) electrons. The van der Waals surface area contributed by atoms with Crippen LogP contribution in [0.2, 0.25) is 0 Å². The van der Waals surface area contributed by atoms with Gasteiger partial charge in [0.15, 0.2) is 0 Å². The number of hydrogen-bond acceptors (Lipinski definition) is 2. The molecule has 0 spiro atoms. The number of anilines is 1. The average Bonchev–Trinajstić information content (AvgIpc) is 2.35. The van der Waals surface area contributed by atoms with Crippen molar-refractivity contribution in [3.05, 3.63) is 28.2 Å². The first-order chi connectivity index (χ1) is 9.81. The molecular weight excluding hydrogens is 324 g/mol. The van der Waals surface area contributed by atoms with E-state index in [-0.39, 0.29) is 0 Å². The first-order valence-electron chi connectivity index (χ1n) is 8.07. The van der Waals surface area contributed by atoms with Gasteiger partial charge in [0.2, 0.25) is 0 Å². The molecule has 0 bridgehead atoms. The Morgan fingerprint density at radius 1 is 1.05 bits per heavy atom. The lowest BCUT2D eigenvalue weighted by Gasteiger charge is -2.33. The summed E-state index contributed by atoms with van der Waals surface area (Å²) in [5.74, 6) is 1.34. The Bertz CT molecular complexity index is 427. The molecule has 1 rings (SSSR count). The van der Waals surface area contributed by atoms with E-state index >= 15 is 0 Å². The van der Waals surface area contributed by atoms with Crippen molar-refractivity contribution in [2.45, 2.75) is 54.1 Å². The Hall–Kier alpha value is -0.540. The summed E-state index contributed by atoms with van der Waals surface area (Å²) in [6, 6.07) is 7.16. The van der Waals surface area contributed by atoms with Crippen LogP contribution in [0.5, 0.6) is 0 Å². The van der Waals surface area contributed by atoms with Gasteiger partial charge >= 0.3 is 0 Å². The molecule has 0 amide bonds. The second-order valence-electron chi connectivity index (χ2n) is 6.94. The third-order valence-corrected chi connectivity index (χ3v) is 3.90.